The Bertz CT molecular complexity index is 1680. The van der Waals surface area contributed by atoms with Crippen LogP contribution in [0.4, 0.5) is 0 Å². The number of aliphatic hydroxyl groups excluding tert-OH is 1. The fraction of sp³-hybridized carbons (Fsp3) is 0.938. The Morgan fingerprint density at radius 3 is 0.845 bits per heavy atom. The fourth-order valence-corrected chi connectivity index (χ4v) is 11.2. The molecule has 0 aliphatic rings. The summed E-state index contributed by atoms with van der Waals surface area (Å²) >= 11 is 0. The lowest BCUT2D eigenvalue weighted by Crippen LogP contribution is -2.30. The number of esters is 4. The number of phosphoric acid groups is 2. The van der Waals surface area contributed by atoms with Gasteiger partial charge in [0.25, 0.3) is 0 Å². The summed E-state index contributed by atoms with van der Waals surface area (Å²) in [4.78, 5) is 72.2. The number of ether oxygens (including phenoxy) is 4. The summed E-state index contributed by atoms with van der Waals surface area (Å²) in [6.07, 6.45) is 35.0. The zero-order chi connectivity index (χ0) is 62.5. The molecule has 498 valence electrons. The zero-order valence-corrected chi connectivity index (χ0v) is 56.3. The van der Waals surface area contributed by atoms with E-state index in [1.165, 1.54) is 109 Å². The molecule has 0 aromatic rings. The molecule has 3 N–H and O–H groups in total. The van der Waals surface area contributed by atoms with Crippen molar-refractivity contribution in [2.75, 3.05) is 39.6 Å². The Kier molecular flexibility index (Phi) is 53.9. The van der Waals surface area contributed by atoms with Gasteiger partial charge in [0.05, 0.1) is 26.4 Å². The smallest absolute Gasteiger partial charge is 0.462 e. The van der Waals surface area contributed by atoms with Crippen LogP contribution < -0.4 is 0 Å². The molecular weight excluding hydrogens is 1110 g/mol. The highest BCUT2D eigenvalue weighted by molar-refractivity contribution is 7.47. The molecule has 0 aliphatic carbocycles. The van der Waals surface area contributed by atoms with Crippen molar-refractivity contribution >= 4 is 39.5 Å². The van der Waals surface area contributed by atoms with Gasteiger partial charge in [-0.2, -0.15) is 0 Å². The van der Waals surface area contributed by atoms with Gasteiger partial charge in [-0.15, -0.1) is 0 Å². The van der Waals surface area contributed by atoms with Crippen LogP contribution in [0.5, 0.6) is 0 Å². The second kappa shape index (κ2) is 55.2. The molecule has 0 saturated heterocycles. The SMILES string of the molecule is CCC(C)CCCCCCCCC(=O)O[C@H](COC(=O)CCCCCCCCCCC(C)C)COP(=O)(O)OCC(O)COP(=O)(O)OC[C@@H](COC(=O)CCCCCCCCC(C)C)OC(=O)CCCCCCCCCCCCCC(C)C. The number of carbonyl (C=O) groups excluding carboxylic acids is 4. The summed E-state index contributed by atoms with van der Waals surface area (Å²) in [5.41, 5.74) is 0. The molecule has 6 atom stereocenters. The topological polar surface area (TPSA) is 237 Å². The summed E-state index contributed by atoms with van der Waals surface area (Å²) in [5.74, 6) is 0.750. The molecule has 0 saturated carbocycles. The Labute approximate surface area is 511 Å². The zero-order valence-electron chi connectivity index (χ0n) is 54.5. The highest BCUT2D eigenvalue weighted by Crippen LogP contribution is 2.45. The number of hydrogen-bond acceptors (Lipinski definition) is 15. The third-order valence-electron chi connectivity index (χ3n) is 15.2. The number of phosphoric ester groups is 2. The van der Waals surface area contributed by atoms with Crippen molar-refractivity contribution in [3.05, 3.63) is 0 Å². The molecule has 0 aromatic carbocycles. The van der Waals surface area contributed by atoms with Crippen molar-refractivity contribution in [3.63, 3.8) is 0 Å². The lowest BCUT2D eigenvalue weighted by atomic mass is 10.00. The van der Waals surface area contributed by atoms with E-state index in [9.17, 15) is 43.2 Å². The molecule has 17 nitrogen and oxygen atoms in total. The summed E-state index contributed by atoms with van der Waals surface area (Å²) in [6, 6.07) is 0. The van der Waals surface area contributed by atoms with Crippen LogP contribution in [0.25, 0.3) is 0 Å². The van der Waals surface area contributed by atoms with E-state index in [1.807, 2.05) is 0 Å². The Morgan fingerprint density at radius 1 is 0.333 bits per heavy atom. The molecule has 0 aliphatic heterocycles. The largest absolute Gasteiger partial charge is 0.472 e. The number of unbranched alkanes of at least 4 members (excludes halogenated alkanes) is 27. The van der Waals surface area contributed by atoms with Crippen LogP contribution in [0, 0.1) is 23.7 Å². The molecule has 0 radical (unpaired) electrons. The maximum atomic E-state index is 13.0. The highest BCUT2D eigenvalue weighted by Gasteiger charge is 2.30. The molecule has 0 spiro atoms. The maximum Gasteiger partial charge on any atom is 0.472 e. The lowest BCUT2D eigenvalue weighted by Gasteiger charge is -2.21. The van der Waals surface area contributed by atoms with E-state index < -0.39 is 97.5 Å². The average molecular weight is 1240 g/mol. The normalized spacial score (nSPS) is 14.7. The van der Waals surface area contributed by atoms with E-state index in [1.54, 1.807) is 0 Å². The van der Waals surface area contributed by atoms with E-state index in [2.05, 4.69) is 55.4 Å². The summed E-state index contributed by atoms with van der Waals surface area (Å²) in [6.45, 7) is 13.9. The highest BCUT2D eigenvalue weighted by atomic mass is 31.2. The minimum atomic E-state index is -4.95. The fourth-order valence-electron chi connectivity index (χ4n) is 9.57. The van der Waals surface area contributed by atoms with Gasteiger partial charge in [-0.1, -0.05) is 261 Å². The summed E-state index contributed by atoms with van der Waals surface area (Å²) < 4.78 is 68.0. The van der Waals surface area contributed by atoms with Gasteiger partial charge in [0.2, 0.25) is 0 Å². The van der Waals surface area contributed by atoms with Crippen molar-refractivity contribution in [2.24, 2.45) is 23.7 Å². The van der Waals surface area contributed by atoms with Gasteiger partial charge >= 0.3 is 39.5 Å². The number of carbonyl (C=O) groups is 4. The first-order valence-electron chi connectivity index (χ1n) is 33.7. The van der Waals surface area contributed by atoms with Gasteiger partial charge in [-0.25, -0.2) is 9.13 Å². The van der Waals surface area contributed by atoms with Crippen molar-refractivity contribution in [3.8, 4) is 0 Å². The summed E-state index contributed by atoms with van der Waals surface area (Å²) in [7, 11) is -9.89. The molecule has 4 unspecified atom stereocenters. The lowest BCUT2D eigenvalue weighted by molar-refractivity contribution is -0.161. The minimum absolute atomic E-state index is 0.102. The first-order valence-corrected chi connectivity index (χ1v) is 36.7. The monoisotopic (exact) mass is 1240 g/mol. The number of hydrogen-bond donors (Lipinski definition) is 3. The molecule has 84 heavy (non-hydrogen) atoms. The van der Waals surface area contributed by atoms with Crippen LogP contribution in [0.3, 0.4) is 0 Å². The van der Waals surface area contributed by atoms with Gasteiger partial charge in [-0.05, 0) is 49.4 Å². The van der Waals surface area contributed by atoms with Gasteiger partial charge in [0.15, 0.2) is 12.2 Å². The summed E-state index contributed by atoms with van der Waals surface area (Å²) in [5, 5.41) is 10.5. The van der Waals surface area contributed by atoms with Gasteiger partial charge in [-0.3, -0.25) is 37.3 Å². The van der Waals surface area contributed by atoms with Crippen LogP contribution in [0.1, 0.15) is 312 Å². The molecule has 0 rings (SSSR count). The average Bonchev–Trinajstić information content (AvgIpc) is 3.50. The van der Waals surface area contributed by atoms with Crippen LogP contribution in [0.2, 0.25) is 0 Å². The maximum absolute atomic E-state index is 13.0. The van der Waals surface area contributed by atoms with E-state index >= 15 is 0 Å². The number of rotatable bonds is 62. The van der Waals surface area contributed by atoms with Crippen LogP contribution in [0.15, 0.2) is 0 Å². The van der Waals surface area contributed by atoms with Crippen molar-refractivity contribution in [2.45, 2.75) is 331 Å². The molecule has 0 fully saturated rings. The van der Waals surface area contributed by atoms with Crippen LogP contribution in [-0.4, -0.2) is 96.7 Å². The standard InChI is InChI=1S/C65H126O17P2/c1-9-58(8)44-36-28-22-24-32-40-48-65(70)82-61(51-75-62(67)45-37-29-19-16-15-18-26-34-42-56(4)5)54-80-84(73,74)78-50-59(66)49-77-83(71,72)79-53-60(52-76-63(68)46-38-30-23-21-27-35-43-57(6)7)81-64(69)47-39-31-20-14-12-10-11-13-17-25-33-41-55(2)3/h55-61,66H,9-54H2,1-8H3,(H,71,72)(H,73,74)/t58?,59?,60-,61-/m1/s1. The van der Waals surface area contributed by atoms with Crippen molar-refractivity contribution < 1.29 is 80.2 Å². The predicted octanol–water partition coefficient (Wildman–Crippen LogP) is 17.8. The quantitative estimate of drug-likeness (QED) is 0.0222. The third-order valence-corrected chi connectivity index (χ3v) is 17.1. The molecule has 19 heteroatoms. The third kappa shape index (κ3) is 57.8. The Morgan fingerprint density at radius 2 is 0.571 bits per heavy atom. The van der Waals surface area contributed by atoms with Crippen LogP contribution >= 0.6 is 15.6 Å². The van der Waals surface area contributed by atoms with Gasteiger partial charge in [0, 0.05) is 25.7 Å². The van der Waals surface area contributed by atoms with Crippen molar-refractivity contribution in [1.29, 1.82) is 0 Å². The minimum Gasteiger partial charge on any atom is -0.462 e. The predicted molar refractivity (Wildman–Crippen MR) is 335 cm³/mol. The second-order valence-electron chi connectivity index (χ2n) is 25.2. The number of aliphatic hydroxyl groups is 1. The van der Waals surface area contributed by atoms with Gasteiger partial charge in [0.1, 0.15) is 19.3 Å². The van der Waals surface area contributed by atoms with Crippen LogP contribution in [-0.2, 0) is 65.4 Å². The second-order valence-corrected chi connectivity index (χ2v) is 28.1. The molecule has 0 heterocycles. The first kappa shape index (κ1) is 82.1. The van der Waals surface area contributed by atoms with E-state index in [0.29, 0.717) is 31.6 Å². The van der Waals surface area contributed by atoms with E-state index in [-0.39, 0.29) is 25.7 Å². The molecule has 0 aromatic heterocycles. The van der Waals surface area contributed by atoms with Crippen molar-refractivity contribution in [1.82, 2.24) is 0 Å². The first-order chi connectivity index (χ1) is 40.1. The van der Waals surface area contributed by atoms with E-state index in [0.717, 1.165) is 114 Å². The van der Waals surface area contributed by atoms with Gasteiger partial charge < -0.3 is 33.8 Å². The molecule has 0 bridgehead atoms. The molecular formula is C65H126O17P2. The van der Waals surface area contributed by atoms with E-state index in [4.69, 9.17) is 37.0 Å². The molecule has 0 amide bonds. The Balaban J connectivity index is 5.24. The Hall–Kier alpha value is -1.94.